The molecule has 0 saturated carbocycles. The fourth-order valence-electron chi connectivity index (χ4n) is 2.42. The van der Waals surface area contributed by atoms with Gasteiger partial charge in [-0.15, -0.1) is 0 Å². The minimum absolute atomic E-state index is 0.184. The van der Waals surface area contributed by atoms with Gasteiger partial charge < -0.3 is 10.2 Å². The van der Waals surface area contributed by atoms with E-state index in [-0.39, 0.29) is 16.3 Å². The van der Waals surface area contributed by atoms with Gasteiger partial charge >= 0.3 is 0 Å². The van der Waals surface area contributed by atoms with Crippen LogP contribution in [0.5, 0.6) is 0 Å². The fourth-order valence-corrected chi connectivity index (χ4v) is 2.54. The van der Waals surface area contributed by atoms with Gasteiger partial charge in [0.1, 0.15) is 5.82 Å². The number of hydrogen-bond donors (Lipinski definition) is 1. The van der Waals surface area contributed by atoms with E-state index >= 15 is 0 Å². The second kappa shape index (κ2) is 5.68. The van der Waals surface area contributed by atoms with Gasteiger partial charge in [0, 0.05) is 24.8 Å². The van der Waals surface area contributed by atoms with Crippen LogP contribution < -0.4 is 10.2 Å². The molecule has 0 amide bonds. The molecule has 1 saturated heterocycles. The highest BCUT2D eigenvalue weighted by Crippen LogP contribution is 2.26. The van der Waals surface area contributed by atoms with Gasteiger partial charge in [0.25, 0.3) is 0 Å². The Morgan fingerprint density at radius 1 is 1.37 bits per heavy atom. The van der Waals surface area contributed by atoms with E-state index in [9.17, 15) is 4.39 Å². The van der Waals surface area contributed by atoms with Crippen LogP contribution in [0.3, 0.4) is 0 Å². The predicted molar refractivity (Wildman–Crippen MR) is 79.5 cm³/mol. The lowest BCUT2D eigenvalue weighted by Gasteiger charge is -2.34. The number of anilines is 1. The van der Waals surface area contributed by atoms with Crippen molar-refractivity contribution < 1.29 is 4.39 Å². The molecule has 1 aromatic carbocycles. The van der Waals surface area contributed by atoms with Gasteiger partial charge in [-0.1, -0.05) is 32.4 Å². The first-order valence-corrected chi connectivity index (χ1v) is 7.19. The summed E-state index contributed by atoms with van der Waals surface area (Å²) in [4.78, 5) is 2.25. The molecular formula is C15H22ClFN2. The second-order valence-corrected chi connectivity index (χ2v) is 6.68. The average molecular weight is 285 g/mol. The minimum Gasteiger partial charge on any atom is -0.370 e. The summed E-state index contributed by atoms with van der Waals surface area (Å²) in [5, 5.41) is 3.77. The smallest absolute Gasteiger partial charge is 0.143 e. The molecule has 0 bridgehead atoms. The minimum atomic E-state index is -0.344. The summed E-state index contributed by atoms with van der Waals surface area (Å²) in [6, 6.07) is 5.47. The Hall–Kier alpha value is -0.800. The number of rotatable bonds is 1. The van der Waals surface area contributed by atoms with Gasteiger partial charge in [-0.3, -0.25) is 0 Å². The van der Waals surface area contributed by atoms with E-state index in [0.717, 1.165) is 31.7 Å². The van der Waals surface area contributed by atoms with Crippen molar-refractivity contribution >= 4 is 17.3 Å². The van der Waals surface area contributed by atoms with Crippen LogP contribution in [0.4, 0.5) is 10.1 Å². The Kier molecular flexibility index (Phi) is 4.36. The van der Waals surface area contributed by atoms with Crippen LogP contribution in [0.25, 0.3) is 0 Å². The second-order valence-electron chi connectivity index (χ2n) is 6.27. The quantitative estimate of drug-likeness (QED) is 0.846. The molecule has 0 spiro atoms. The maximum absolute atomic E-state index is 13.6. The molecule has 1 N–H and O–H groups in total. The highest BCUT2D eigenvalue weighted by Gasteiger charge is 2.28. The summed E-state index contributed by atoms with van der Waals surface area (Å²) in [5.41, 5.74) is 1.10. The topological polar surface area (TPSA) is 15.3 Å². The van der Waals surface area contributed by atoms with Crippen molar-refractivity contribution in [2.45, 2.75) is 33.2 Å². The predicted octanol–water partition coefficient (Wildman–Crippen LogP) is 3.69. The van der Waals surface area contributed by atoms with E-state index in [4.69, 9.17) is 11.6 Å². The number of benzene rings is 1. The summed E-state index contributed by atoms with van der Waals surface area (Å²) < 4.78 is 13.6. The third-order valence-electron chi connectivity index (χ3n) is 3.71. The van der Waals surface area contributed by atoms with Crippen LogP contribution in [-0.4, -0.2) is 25.7 Å². The molecule has 19 heavy (non-hydrogen) atoms. The molecule has 0 radical (unpaired) electrons. The molecule has 106 valence electrons. The van der Waals surface area contributed by atoms with Crippen LogP contribution in [0.2, 0.25) is 5.02 Å². The first-order chi connectivity index (χ1) is 8.88. The molecule has 1 aromatic rings. The van der Waals surface area contributed by atoms with Crippen LogP contribution in [0.15, 0.2) is 18.2 Å². The SMILES string of the molecule is CC(C)(C)C1CN(c2ccc(Cl)c(F)c2)CCCN1. The van der Waals surface area contributed by atoms with Crippen LogP contribution >= 0.6 is 11.6 Å². The van der Waals surface area contributed by atoms with E-state index in [0.29, 0.717) is 6.04 Å². The molecule has 1 atom stereocenters. The number of halogens is 2. The molecular weight excluding hydrogens is 263 g/mol. The van der Waals surface area contributed by atoms with E-state index in [1.165, 1.54) is 6.07 Å². The van der Waals surface area contributed by atoms with Gasteiger partial charge in [0.2, 0.25) is 0 Å². The monoisotopic (exact) mass is 284 g/mol. The zero-order valence-corrected chi connectivity index (χ0v) is 12.6. The zero-order chi connectivity index (χ0) is 14.0. The fraction of sp³-hybridized carbons (Fsp3) is 0.600. The average Bonchev–Trinajstić information content (AvgIpc) is 2.58. The summed E-state index contributed by atoms with van der Waals surface area (Å²) in [7, 11) is 0. The normalized spacial score (nSPS) is 21.3. The molecule has 2 nitrogen and oxygen atoms in total. The van der Waals surface area contributed by atoms with Crippen molar-refractivity contribution in [3.63, 3.8) is 0 Å². The summed E-state index contributed by atoms with van der Waals surface area (Å²) in [6.45, 7) is 9.55. The summed E-state index contributed by atoms with van der Waals surface area (Å²) in [6.07, 6.45) is 1.07. The number of nitrogens with one attached hydrogen (secondary N) is 1. The molecule has 2 rings (SSSR count). The molecule has 0 aliphatic carbocycles. The highest BCUT2D eigenvalue weighted by molar-refractivity contribution is 6.30. The molecule has 1 fully saturated rings. The summed E-state index contributed by atoms with van der Waals surface area (Å²) in [5.74, 6) is -0.344. The van der Waals surface area contributed by atoms with E-state index < -0.39 is 0 Å². The summed E-state index contributed by atoms with van der Waals surface area (Å²) >= 11 is 5.75. The van der Waals surface area contributed by atoms with Crippen molar-refractivity contribution in [2.75, 3.05) is 24.5 Å². The van der Waals surface area contributed by atoms with Crippen LogP contribution in [0, 0.1) is 11.2 Å². The Labute approximate surface area is 119 Å². The third-order valence-corrected chi connectivity index (χ3v) is 4.02. The van der Waals surface area contributed by atoms with Gasteiger partial charge in [-0.2, -0.15) is 0 Å². The Morgan fingerprint density at radius 2 is 2.11 bits per heavy atom. The van der Waals surface area contributed by atoms with E-state index in [1.807, 2.05) is 6.07 Å². The van der Waals surface area contributed by atoms with E-state index in [2.05, 4.69) is 31.0 Å². The maximum Gasteiger partial charge on any atom is 0.143 e. The standard InChI is InChI=1S/C15H22ClFN2/c1-15(2,3)14-10-19(8-4-7-18-14)11-5-6-12(16)13(17)9-11/h5-6,9,14,18H,4,7-8,10H2,1-3H3. The lowest BCUT2D eigenvalue weighted by molar-refractivity contribution is 0.280. The van der Waals surface area contributed by atoms with Gasteiger partial charge in [-0.05, 0) is 36.6 Å². The molecule has 1 heterocycles. The largest absolute Gasteiger partial charge is 0.370 e. The van der Waals surface area contributed by atoms with Crippen molar-refractivity contribution in [1.29, 1.82) is 0 Å². The van der Waals surface area contributed by atoms with Gasteiger partial charge in [-0.25, -0.2) is 4.39 Å². The Balaban J connectivity index is 2.20. The Morgan fingerprint density at radius 3 is 2.74 bits per heavy atom. The lowest BCUT2D eigenvalue weighted by Crippen LogP contribution is -2.46. The van der Waals surface area contributed by atoms with Crippen LogP contribution in [-0.2, 0) is 0 Å². The van der Waals surface area contributed by atoms with E-state index in [1.54, 1.807) is 6.07 Å². The lowest BCUT2D eigenvalue weighted by atomic mass is 9.86. The molecule has 1 unspecified atom stereocenters. The molecule has 1 aliphatic heterocycles. The Bertz CT molecular complexity index is 442. The van der Waals surface area contributed by atoms with Crippen molar-refractivity contribution in [2.24, 2.45) is 5.41 Å². The highest BCUT2D eigenvalue weighted by atomic mass is 35.5. The van der Waals surface area contributed by atoms with Crippen LogP contribution in [0.1, 0.15) is 27.2 Å². The zero-order valence-electron chi connectivity index (χ0n) is 11.8. The maximum atomic E-state index is 13.6. The van der Waals surface area contributed by atoms with Crippen molar-refractivity contribution in [1.82, 2.24) is 5.32 Å². The number of hydrogen-bond acceptors (Lipinski definition) is 2. The van der Waals surface area contributed by atoms with Crippen molar-refractivity contribution in [3.8, 4) is 0 Å². The first-order valence-electron chi connectivity index (χ1n) is 6.81. The van der Waals surface area contributed by atoms with Crippen molar-refractivity contribution in [3.05, 3.63) is 29.0 Å². The third kappa shape index (κ3) is 3.61. The molecule has 1 aliphatic rings. The van der Waals surface area contributed by atoms with Gasteiger partial charge in [0.05, 0.1) is 5.02 Å². The molecule has 4 heteroatoms. The molecule has 0 aromatic heterocycles. The first kappa shape index (κ1) is 14.6. The number of nitrogens with zero attached hydrogens (tertiary/aromatic N) is 1. The van der Waals surface area contributed by atoms with Gasteiger partial charge in [0.15, 0.2) is 0 Å².